The number of amides is 1. The summed E-state index contributed by atoms with van der Waals surface area (Å²) in [6.07, 6.45) is 4.19. The normalized spacial score (nSPS) is 15.1. The van der Waals surface area contributed by atoms with Gasteiger partial charge in [0.15, 0.2) is 0 Å². The molecule has 1 amide bonds. The molecule has 0 aromatic carbocycles. The zero-order chi connectivity index (χ0) is 12.4. The lowest BCUT2D eigenvalue weighted by Crippen LogP contribution is -2.38. The Morgan fingerprint density at radius 2 is 2.29 bits per heavy atom. The molecule has 4 heteroatoms. The first-order chi connectivity index (χ1) is 8.09. The highest BCUT2D eigenvalue weighted by molar-refractivity contribution is 9.10. The van der Waals surface area contributed by atoms with Crippen molar-refractivity contribution < 1.29 is 4.79 Å². The van der Waals surface area contributed by atoms with Gasteiger partial charge in [0.1, 0.15) is 4.60 Å². The Bertz CT molecular complexity index is 416. The fraction of sp³-hybridized carbons (Fsp3) is 0.538. The summed E-state index contributed by atoms with van der Waals surface area (Å²) in [4.78, 5) is 18.5. The summed E-state index contributed by atoms with van der Waals surface area (Å²) in [5.74, 6) is 0.781. The molecule has 1 aliphatic rings. The van der Waals surface area contributed by atoms with Gasteiger partial charge in [0, 0.05) is 18.8 Å². The van der Waals surface area contributed by atoms with E-state index >= 15 is 0 Å². The second kappa shape index (κ2) is 5.17. The Hall–Kier alpha value is -0.900. The highest BCUT2D eigenvalue weighted by atomic mass is 79.9. The Kier molecular flexibility index (Phi) is 3.82. The number of carbonyl (C=O) groups is 1. The van der Waals surface area contributed by atoms with Gasteiger partial charge in [-0.25, -0.2) is 4.98 Å². The molecule has 0 N–H and O–H groups in total. The van der Waals surface area contributed by atoms with Crippen LogP contribution in [0.5, 0.6) is 0 Å². The molecule has 1 aromatic heterocycles. The number of aromatic nitrogens is 1. The van der Waals surface area contributed by atoms with E-state index in [0.29, 0.717) is 16.1 Å². The summed E-state index contributed by atoms with van der Waals surface area (Å²) >= 11 is 3.34. The molecule has 17 heavy (non-hydrogen) atoms. The van der Waals surface area contributed by atoms with Crippen molar-refractivity contribution in [3.05, 3.63) is 28.5 Å². The molecule has 1 fully saturated rings. The third-order valence-corrected chi connectivity index (χ3v) is 3.66. The number of hydrogen-bond donors (Lipinski definition) is 0. The predicted octanol–water partition coefficient (Wildman–Crippen LogP) is 3.10. The number of rotatable bonds is 4. The molecule has 0 radical (unpaired) electrons. The average molecular weight is 297 g/mol. The van der Waals surface area contributed by atoms with Gasteiger partial charge in [-0.05, 0) is 60.7 Å². The van der Waals surface area contributed by atoms with Gasteiger partial charge in [-0.15, -0.1) is 0 Å². The third-order valence-electron chi connectivity index (χ3n) is 3.03. The van der Waals surface area contributed by atoms with Gasteiger partial charge in [-0.3, -0.25) is 4.79 Å². The van der Waals surface area contributed by atoms with E-state index in [2.05, 4.69) is 34.8 Å². The first-order valence-corrected chi connectivity index (χ1v) is 6.80. The van der Waals surface area contributed by atoms with Crippen molar-refractivity contribution in [2.45, 2.75) is 32.7 Å². The van der Waals surface area contributed by atoms with Gasteiger partial charge in [0.25, 0.3) is 5.91 Å². The Balaban J connectivity index is 2.18. The van der Waals surface area contributed by atoms with E-state index in [4.69, 9.17) is 0 Å². The lowest BCUT2D eigenvalue weighted by atomic mass is 10.2. The van der Waals surface area contributed by atoms with Crippen LogP contribution < -0.4 is 0 Å². The van der Waals surface area contributed by atoms with Crippen molar-refractivity contribution in [3.63, 3.8) is 0 Å². The number of halogens is 1. The average Bonchev–Trinajstić information content (AvgIpc) is 3.09. The van der Waals surface area contributed by atoms with Crippen LogP contribution in [0.25, 0.3) is 0 Å². The Morgan fingerprint density at radius 1 is 1.59 bits per heavy atom. The molecular weight excluding hydrogens is 280 g/mol. The standard InChI is InChI=1S/C13H17BrN2O/c1-9(2)16(8-10-5-6-10)13(17)11-4-3-7-15-12(11)14/h3-4,7,9-10H,5-6,8H2,1-2H3. The lowest BCUT2D eigenvalue weighted by molar-refractivity contribution is 0.0694. The number of pyridine rings is 1. The van der Waals surface area contributed by atoms with E-state index < -0.39 is 0 Å². The van der Waals surface area contributed by atoms with Gasteiger partial charge >= 0.3 is 0 Å². The summed E-state index contributed by atoms with van der Waals surface area (Å²) in [6, 6.07) is 3.85. The van der Waals surface area contributed by atoms with Crippen molar-refractivity contribution in [1.29, 1.82) is 0 Å². The molecule has 1 saturated carbocycles. The molecule has 0 bridgehead atoms. The highest BCUT2D eigenvalue weighted by Gasteiger charge is 2.29. The van der Waals surface area contributed by atoms with Crippen molar-refractivity contribution in [2.75, 3.05) is 6.54 Å². The molecule has 2 rings (SSSR count). The highest BCUT2D eigenvalue weighted by Crippen LogP contribution is 2.31. The van der Waals surface area contributed by atoms with Crippen LogP contribution in [0, 0.1) is 5.92 Å². The molecular formula is C13H17BrN2O. The SMILES string of the molecule is CC(C)N(CC1CC1)C(=O)c1cccnc1Br. The topological polar surface area (TPSA) is 33.2 Å². The molecule has 1 aliphatic carbocycles. The van der Waals surface area contributed by atoms with Crippen molar-refractivity contribution in [2.24, 2.45) is 5.92 Å². The molecule has 1 aromatic rings. The second-order valence-electron chi connectivity index (χ2n) is 4.84. The van der Waals surface area contributed by atoms with Crippen LogP contribution in [-0.4, -0.2) is 28.4 Å². The molecule has 1 heterocycles. The summed E-state index contributed by atoms with van der Waals surface area (Å²) in [7, 11) is 0. The maximum absolute atomic E-state index is 12.4. The van der Waals surface area contributed by atoms with Crippen LogP contribution >= 0.6 is 15.9 Å². The summed E-state index contributed by atoms with van der Waals surface area (Å²) < 4.78 is 0.631. The predicted molar refractivity (Wildman–Crippen MR) is 70.8 cm³/mol. The van der Waals surface area contributed by atoms with E-state index in [1.165, 1.54) is 12.8 Å². The zero-order valence-electron chi connectivity index (χ0n) is 10.2. The van der Waals surface area contributed by atoms with Crippen LogP contribution in [0.4, 0.5) is 0 Å². The van der Waals surface area contributed by atoms with Gasteiger partial charge in [-0.2, -0.15) is 0 Å². The molecule has 0 unspecified atom stereocenters. The van der Waals surface area contributed by atoms with Gasteiger partial charge in [-0.1, -0.05) is 0 Å². The molecule has 0 aliphatic heterocycles. The molecule has 0 spiro atoms. The fourth-order valence-corrected chi connectivity index (χ4v) is 2.23. The van der Waals surface area contributed by atoms with Gasteiger partial charge < -0.3 is 4.90 Å². The van der Waals surface area contributed by atoms with E-state index in [1.807, 2.05) is 11.0 Å². The van der Waals surface area contributed by atoms with Crippen molar-refractivity contribution in [3.8, 4) is 0 Å². The maximum Gasteiger partial charge on any atom is 0.256 e. The monoisotopic (exact) mass is 296 g/mol. The largest absolute Gasteiger partial charge is 0.336 e. The zero-order valence-corrected chi connectivity index (χ0v) is 11.8. The minimum atomic E-state index is 0.0758. The Morgan fingerprint density at radius 3 is 2.82 bits per heavy atom. The van der Waals surface area contributed by atoms with Gasteiger partial charge in [0.2, 0.25) is 0 Å². The summed E-state index contributed by atoms with van der Waals surface area (Å²) in [6.45, 7) is 4.99. The summed E-state index contributed by atoms with van der Waals surface area (Å²) in [5, 5.41) is 0. The van der Waals surface area contributed by atoms with Crippen LogP contribution in [-0.2, 0) is 0 Å². The number of nitrogens with zero attached hydrogens (tertiary/aromatic N) is 2. The quantitative estimate of drug-likeness (QED) is 0.800. The first-order valence-electron chi connectivity index (χ1n) is 6.01. The first kappa shape index (κ1) is 12.6. The van der Waals surface area contributed by atoms with E-state index in [0.717, 1.165) is 6.54 Å². The van der Waals surface area contributed by atoms with Crippen LogP contribution in [0.2, 0.25) is 0 Å². The van der Waals surface area contributed by atoms with E-state index in [1.54, 1.807) is 12.3 Å². The van der Waals surface area contributed by atoms with Gasteiger partial charge in [0.05, 0.1) is 5.56 Å². The molecule has 0 saturated heterocycles. The number of carbonyl (C=O) groups excluding carboxylic acids is 1. The van der Waals surface area contributed by atoms with E-state index in [9.17, 15) is 4.79 Å². The van der Waals surface area contributed by atoms with Crippen LogP contribution in [0.15, 0.2) is 22.9 Å². The maximum atomic E-state index is 12.4. The van der Waals surface area contributed by atoms with Crippen molar-refractivity contribution >= 4 is 21.8 Å². The molecule has 0 atom stereocenters. The summed E-state index contributed by atoms with van der Waals surface area (Å²) in [5.41, 5.74) is 0.654. The van der Waals surface area contributed by atoms with Crippen LogP contribution in [0.1, 0.15) is 37.0 Å². The van der Waals surface area contributed by atoms with Crippen molar-refractivity contribution in [1.82, 2.24) is 9.88 Å². The van der Waals surface area contributed by atoms with Crippen LogP contribution in [0.3, 0.4) is 0 Å². The smallest absolute Gasteiger partial charge is 0.256 e. The third kappa shape index (κ3) is 3.06. The minimum Gasteiger partial charge on any atom is -0.336 e. The fourth-order valence-electron chi connectivity index (χ4n) is 1.81. The Labute approximate surface area is 110 Å². The molecule has 3 nitrogen and oxygen atoms in total. The second-order valence-corrected chi connectivity index (χ2v) is 5.59. The minimum absolute atomic E-state index is 0.0758. The molecule has 92 valence electrons. The lowest BCUT2D eigenvalue weighted by Gasteiger charge is -2.27. The van der Waals surface area contributed by atoms with E-state index in [-0.39, 0.29) is 11.9 Å². The number of hydrogen-bond acceptors (Lipinski definition) is 2.